The monoisotopic (exact) mass is 316 g/mol. The Hall–Kier alpha value is -1.87. The van der Waals surface area contributed by atoms with E-state index in [4.69, 9.17) is 5.11 Å². The number of nitrogens with zero attached hydrogens (tertiary/aromatic N) is 2. The molecule has 0 radical (unpaired) electrons. The summed E-state index contributed by atoms with van der Waals surface area (Å²) in [6.45, 7) is 0.155. The number of aliphatic carboxylic acids is 1. The zero-order valence-corrected chi connectivity index (χ0v) is 12.5. The number of ether oxygens (including phenoxy) is 1. The number of carbonyl (C=O) groups excluding carboxylic acids is 1. The van der Waals surface area contributed by atoms with Crippen molar-refractivity contribution in [2.24, 2.45) is 7.05 Å². The van der Waals surface area contributed by atoms with Crippen LogP contribution >= 0.6 is 0 Å². The molecule has 2 heterocycles. The topological polar surface area (TPSA) is 106 Å². The smallest absolute Gasteiger partial charge is 0.354 e. The molecule has 0 spiro atoms. The number of aromatic nitrogens is 1. The van der Waals surface area contributed by atoms with Crippen LogP contribution in [0.4, 0.5) is 0 Å². The quantitative estimate of drug-likeness (QED) is 0.787. The van der Waals surface area contributed by atoms with Crippen molar-refractivity contribution in [2.75, 3.05) is 13.7 Å². The van der Waals surface area contributed by atoms with Crippen LogP contribution in [0.1, 0.15) is 23.3 Å². The highest BCUT2D eigenvalue weighted by molar-refractivity contribution is 7.89. The van der Waals surface area contributed by atoms with Gasteiger partial charge in [0.25, 0.3) is 0 Å². The summed E-state index contributed by atoms with van der Waals surface area (Å²) in [5.74, 6) is -1.82. The Morgan fingerprint density at radius 2 is 2.10 bits per heavy atom. The van der Waals surface area contributed by atoms with Gasteiger partial charge in [0.15, 0.2) is 0 Å². The summed E-state index contributed by atoms with van der Waals surface area (Å²) in [6, 6.07) is 0.134. The summed E-state index contributed by atoms with van der Waals surface area (Å²) in [7, 11) is -1.24. The SMILES string of the molecule is COC(=O)c1cc(S(=O)(=O)N2CCC[C@H]2C(=O)O)cn1C. The molecule has 1 aromatic rings. The Balaban J connectivity index is 2.41. The molecule has 1 N–H and O–H groups in total. The lowest BCUT2D eigenvalue weighted by Gasteiger charge is -2.19. The second kappa shape index (κ2) is 5.49. The largest absolute Gasteiger partial charge is 0.480 e. The first kappa shape index (κ1) is 15.5. The van der Waals surface area contributed by atoms with E-state index in [1.165, 1.54) is 31.0 Å². The van der Waals surface area contributed by atoms with Crippen molar-refractivity contribution in [2.45, 2.75) is 23.8 Å². The van der Waals surface area contributed by atoms with Gasteiger partial charge in [0.1, 0.15) is 16.6 Å². The highest BCUT2D eigenvalue weighted by atomic mass is 32.2. The zero-order valence-electron chi connectivity index (χ0n) is 11.6. The fourth-order valence-electron chi connectivity index (χ4n) is 2.39. The Morgan fingerprint density at radius 3 is 2.67 bits per heavy atom. The first-order valence-electron chi connectivity index (χ1n) is 6.28. The van der Waals surface area contributed by atoms with E-state index in [1.54, 1.807) is 0 Å². The van der Waals surface area contributed by atoms with Crippen LogP contribution in [0.25, 0.3) is 0 Å². The number of carboxylic acids is 1. The standard InChI is InChI=1S/C12H16N2O6S/c1-13-7-8(6-10(13)12(17)20-2)21(18,19)14-5-3-4-9(14)11(15)16/h6-7,9H,3-5H2,1-2H3,(H,15,16)/t9-/m0/s1. The van der Waals surface area contributed by atoms with E-state index < -0.39 is 28.0 Å². The van der Waals surface area contributed by atoms with Crippen molar-refractivity contribution >= 4 is 22.0 Å². The van der Waals surface area contributed by atoms with E-state index in [2.05, 4.69) is 4.74 Å². The molecule has 116 valence electrons. The van der Waals surface area contributed by atoms with Crippen molar-refractivity contribution < 1.29 is 27.9 Å². The Kier molecular flexibility index (Phi) is 4.06. The second-order valence-electron chi connectivity index (χ2n) is 4.78. The number of hydrogen-bond donors (Lipinski definition) is 1. The summed E-state index contributed by atoms with van der Waals surface area (Å²) in [5.41, 5.74) is 0.0853. The fourth-order valence-corrected chi connectivity index (χ4v) is 4.12. The molecular weight excluding hydrogens is 300 g/mol. The van der Waals surface area contributed by atoms with Crippen molar-refractivity contribution in [3.05, 3.63) is 18.0 Å². The van der Waals surface area contributed by atoms with Gasteiger partial charge in [-0.15, -0.1) is 0 Å². The van der Waals surface area contributed by atoms with E-state index in [1.807, 2.05) is 0 Å². The van der Waals surface area contributed by atoms with Gasteiger partial charge in [-0.25, -0.2) is 13.2 Å². The predicted octanol–water partition coefficient (Wildman–Crippen LogP) is 0.0494. The summed E-state index contributed by atoms with van der Waals surface area (Å²) in [6.07, 6.45) is 2.05. The average Bonchev–Trinajstić information content (AvgIpc) is 3.04. The molecule has 1 saturated heterocycles. The van der Waals surface area contributed by atoms with Gasteiger partial charge in [-0.2, -0.15) is 4.31 Å². The first-order chi connectivity index (χ1) is 9.78. The number of sulfonamides is 1. The molecule has 0 aliphatic carbocycles. The second-order valence-corrected chi connectivity index (χ2v) is 6.67. The minimum Gasteiger partial charge on any atom is -0.480 e. The molecular formula is C12H16N2O6S. The minimum absolute atomic E-state index is 0.0853. The maximum atomic E-state index is 12.5. The van der Waals surface area contributed by atoms with Gasteiger partial charge in [0, 0.05) is 19.8 Å². The third-order valence-corrected chi connectivity index (χ3v) is 5.34. The van der Waals surface area contributed by atoms with Crippen LogP contribution in [0.3, 0.4) is 0 Å². The van der Waals surface area contributed by atoms with Crippen LogP contribution in [0, 0.1) is 0 Å². The lowest BCUT2D eigenvalue weighted by atomic mass is 10.2. The van der Waals surface area contributed by atoms with Gasteiger partial charge < -0.3 is 14.4 Å². The van der Waals surface area contributed by atoms with Crippen molar-refractivity contribution in [1.29, 1.82) is 0 Å². The number of carbonyl (C=O) groups is 2. The third kappa shape index (κ3) is 2.66. The molecule has 1 aromatic heterocycles. The van der Waals surface area contributed by atoms with Gasteiger partial charge in [0.2, 0.25) is 10.0 Å². The minimum atomic E-state index is -3.95. The molecule has 0 bridgehead atoms. The molecule has 1 aliphatic heterocycles. The molecule has 2 rings (SSSR count). The molecule has 0 unspecified atom stereocenters. The van der Waals surface area contributed by atoms with Gasteiger partial charge >= 0.3 is 11.9 Å². The third-order valence-electron chi connectivity index (χ3n) is 3.47. The Labute approximate surface area is 122 Å². The van der Waals surface area contributed by atoms with Crippen LogP contribution in [0.15, 0.2) is 17.2 Å². The molecule has 1 aliphatic rings. The van der Waals surface area contributed by atoms with Crippen molar-refractivity contribution in [3.63, 3.8) is 0 Å². The van der Waals surface area contributed by atoms with Gasteiger partial charge in [-0.05, 0) is 18.9 Å². The van der Waals surface area contributed by atoms with E-state index in [0.717, 1.165) is 4.31 Å². The molecule has 0 aromatic carbocycles. The number of methoxy groups -OCH3 is 1. The average molecular weight is 316 g/mol. The zero-order chi connectivity index (χ0) is 15.8. The van der Waals surface area contributed by atoms with E-state index in [-0.39, 0.29) is 23.6 Å². The van der Waals surface area contributed by atoms with Gasteiger partial charge in [-0.1, -0.05) is 0 Å². The van der Waals surface area contributed by atoms with E-state index in [0.29, 0.717) is 6.42 Å². The van der Waals surface area contributed by atoms with Crippen LogP contribution in [-0.2, 0) is 26.6 Å². The predicted molar refractivity (Wildman–Crippen MR) is 71.3 cm³/mol. The first-order valence-corrected chi connectivity index (χ1v) is 7.72. The van der Waals surface area contributed by atoms with Gasteiger partial charge in [0.05, 0.1) is 7.11 Å². The van der Waals surface area contributed by atoms with Crippen LogP contribution < -0.4 is 0 Å². The normalized spacial score (nSPS) is 19.6. The lowest BCUT2D eigenvalue weighted by molar-refractivity contribution is -0.140. The highest BCUT2D eigenvalue weighted by Crippen LogP contribution is 2.27. The number of carboxylic acid groups (broad SMARTS) is 1. The lowest BCUT2D eigenvalue weighted by Crippen LogP contribution is -2.40. The Morgan fingerprint density at radius 1 is 1.43 bits per heavy atom. The molecule has 1 fully saturated rings. The molecule has 0 saturated carbocycles. The summed E-state index contributed by atoms with van der Waals surface area (Å²) in [5, 5.41) is 9.09. The molecule has 21 heavy (non-hydrogen) atoms. The Bertz CT molecular complexity index is 678. The highest BCUT2D eigenvalue weighted by Gasteiger charge is 2.40. The van der Waals surface area contributed by atoms with E-state index in [9.17, 15) is 18.0 Å². The number of rotatable bonds is 4. The number of esters is 1. The maximum absolute atomic E-state index is 12.5. The van der Waals surface area contributed by atoms with Crippen LogP contribution in [-0.4, -0.2) is 54.0 Å². The number of hydrogen-bond acceptors (Lipinski definition) is 5. The van der Waals surface area contributed by atoms with Crippen LogP contribution in [0.5, 0.6) is 0 Å². The number of aryl methyl sites for hydroxylation is 1. The fraction of sp³-hybridized carbons (Fsp3) is 0.500. The van der Waals surface area contributed by atoms with Gasteiger partial charge in [-0.3, -0.25) is 4.79 Å². The molecule has 1 atom stereocenters. The van der Waals surface area contributed by atoms with Crippen molar-refractivity contribution in [3.8, 4) is 0 Å². The summed E-state index contributed by atoms with van der Waals surface area (Å²) in [4.78, 5) is 22.5. The summed E-state index contributed by atoms with van der Waals surface area (Å²) < 4.78 is 31.9. The molecule has 8 nitrogen and oxygen atoms in total. The van der Waals surface area contributed by atoms with Crippen molar-refractivity contribution in [1.82, 2.24) is 8.87 Å². The molecule has 0 amide bonds. The molecule has 9 heteroatoms. The maximum Gasteiger partial charge on any atom is 0.354 e. The van der Waals surface area contributed by atoms with E-state index >= 15 is 0 Å². The van der Waals surface area contributed by atoms with Crippen LogP contribution in [0.2, 0.25) is 0 Å². The summed E-state index contributed by atoms with van der Waals surface area (Å²) >= 11 is 0.